The fourth-order valence-corrected chi connectivity index (χ4v) is 0.856. The molecule has 0 rings (SSSR count). The zero-order valence-corrected chi connectivity index (χ0v) is 9.04. The van der Waals surface area contributed by atoms with Gasteiger partial charge in [-0.3, -0.25) is 9.69 Å². The standard InChI is InChI=1S/C9H19N3O2/c1-9(2,3)11-8(14)12(7-13)6-4-5-10/h7H,4-6,10H2,1-3H3,(H,11,14). The van der Waals surface area contributed by atoms with Gasteiger partial charge in [0.15, 0.2) is 0 Å². The van der Waals surface area contributed by atoms with Crippen molar-refractivity contribution < 1.29 is 9.59 Å². The van der Waals surface area contributed by atoms with Crippen molar-refractivity contribution >= 4 is 12.4 Å². The molecule has 5 heteroatoms. The molecule has 82 valence electrons. The number of nitrogens with two attached hydrogens (primary N) is 1. The van der Waals surface area contributed by atoms with E-state index < -0.39 is 0 Å². The average Bonchev–Trinajstić information content (AvgIpc) is 2.02. The second-order valence-corrected chi connectivity index (χ2v) is 4.12. The summed E-state index contributed by atoms with van der Waals surface area (Å²) in [6.07, 6.45) is 1.15. The molecule has 0 aliphatic rings. The van der Waals surface area contributed by atoms with E-state index in [4.69, 9.17) is 5.73 Å². The van der Waals surface area contributed by atoms with Crippen LogP contribution < -0.4 is 11.1 Å². The molecule has 0 spiro atoms. The van der Waals surface area contributed by atoms with E-state index in [1.54, 1.807) is 0 Å². The monoisotopic (exact) mass is 201 g/mol. The highest BCUT2D eigenvalue weighted by Crippen LogP contribution is 2.00. The number of urea groups is 1. The predicted molar refractivity (Wildman–Crippen MR) is 54.7 cm³/mol. The third kappa shape index (κ3) is 5.53. The van der Waals surface area contributed by atoms with Gasteiger partial charge in [0.05, 0.1) is 0 Å². The number of rotatable bonds is 4. The molecule has 0 aliphatic heterocycles. The molecule has 14 heavy (non-hydrogen) atoms. The van der Waals surface area contributed by atoms with E-state index in [1.165, 1.54) is 0 Å². The van der Waals surface area contributed by atoms with Crippen molar-refractivity contribution in [2.75, 3.05) is 13.1 Å². The first kappa shape index (κ1) is 12.9. The summed E-state index contributed by atoms with van der Waals surface area (Å²) in [5.41, 5.74) is 4.95. The van der Waals surface area contributed by atoms with E-state index in [-0.39, 0.29) is 11.6 Å². The second-order valence-electron chi connectivity index (χ2n) is 4.12. The molecule has 0 unspecified atom stereocenters. The number of nitrogens with one attached hydrogen (secondary N) is 1. The molecule has 0 aromatic heterocycles. The summed E-state index contributed by atoms with van der Waals surface area (Å²) in [6, 6.07) is -0.374. The summed E-state index contributed by atoms with van der Waals surface area (Å²) in [6.45, 7) is 6.40. The lowest BCUT2D eigenvalue weighted by Crippen LogP contribution is -2.48. The topological polar surface area (TPSA) is 75.4 Å². The normalized spacial score (nSPS) is 10.9. The number of hydrogen-bond acceptors (Lipinski definition) is 3. The van der Waals surface area contributed by atoms with Crippen LogP contribution in [0.1, 0.15) is 27.2 Å². The van der Waals surface area contributed by atoms with E-state index in [0.717, 1.165) is 4.90 Å². The van der Waals surface area contributed by atoms with E-state index >= 15 is 0 Å². The molecule has 0 aromatic rings. The smallest absolute Gasteiger partial charge is 0.324 e. The molecule has 0 heterocycles. The minimum absolute atomic E-state index is 0.332. The van der Waals surface area contributed by atoms with E-state index in [9.17, 15) is 9.59 Å². The van der Waals surface area contributed by atoms with Gasteiger partial charge in [-0.2, -0.15) is 0 Å². The summed E-state index contributed by atoms with van der Waals surface area (Å²) in [4.78, 5) is 23.1. The van der Waals surface area contributed by atoms with Gasteiger partial charge < -0.3 is 11.1 Å². The summed E-state index contributed by atoms with van der Waals surface area (Å²) in [7, 11) is 0. The van der Waals surface area contributed by atoms with Gasteiger partial charge >= 0.3 is 6.03 Å². The van der Waals surface area contributed by atoms with Crippen LogP contribution in [-0.4, -0.2) is 36.0 Å². The highest BCUT2D eigenvalue weighted by molar-refractivity contribution is 5.85. The fourth-order valence-electron chi connectivity index (χ4n) is 0.856. The Kier molecular flexibility index (Phi) is 5.15. The third-order valence-corrected chi connectivity index (χ3v) is 1.47. The van der Waals surface area contributed by atoms with Crippen molar-refractivity contribution in [1.82, 2.24) is 10.2 Å². The first-order valence-corrected chi connectivity index (χ1v) is 4.65. The molecule has 0 aliphatic carbocycles. The van der Waals surface area contributed by atoms with E-state index in [0.29, 0.717) is 25.9 Å². The molecule has 3 N–H and O–H groups in total. The molecular weight excluding hydrogens is 182 g/mol. The molecule has 0 radical (unpaired) electrons. The molecule has 0 atom stereocenters. The number of carbonyl (C=O) groups excluding carboxylic acids is 2. The fraction of sp³-hybridized carbons (Fsp3) is 0.778. The number of hydrogen-bond donors (Lipinski definition) is 2. The molecule has 0 fully saturated rings. The van der Waals surface area contributed by atoms with Crippen LogP contribution in [0.25, 0.3) is 0 Å². The Hall–Kier alpha value is -1.10. The summed E-state index contributed by atoms with van der Waals surface area (Å²) < 4.78 is 0. The minimum atomic E-state index is -0.374. The Balaban J connectivity index is 4.11. The zero-order valence-electron chi connectivity index (χ0n) is 9.04. The van der Waals surface area contributed by atoms with E-state index in [2.05, 4.69) is 5.32 Å². The van der Waals surface area contributed by atoms with Crippen molar-refractivity contribution in [2.45, 2.75) is 32.7 Å². The molecule has 0 bridgehead atoms. The Labute approximate surface area is 84.6 Å². The van der Waals surface area contributed by atoms with Crippen molar-refractivity contribution in [1.29, 1.82) is 0 Å². The molecular formula is C9H19N3O2. The molecule has 3 amide bonds. The Bertz CT molecular complexity index is 199. The summed E-state index contributed by atoms with van der Waals surface area (Å²) in [5, 5.41) is 2.69. The Morgan fingerprint density at radius 1 is 1.50 bits per heavy atom. The lowest BCUT2D eigenvalue weighted by Gasteiger charge is -2.24. The summed E-state index contributed by atoms with van der Waals surface area (Å²) >= 11 is 0. The molecule has 0 saturated carbocycles. The van der Waals surface area contributed by atoms with Crippen LogP contribution in [0.4, 0.5) is 4.79 Å². The SMILES string of the molecule is CC(C)(C)NC(=O)N(C=O)CCCN. The maximum atomic E-state index is 11.4. The predicted octanol–water partition coefficient (Wildman–Crippen LogP) is 0.302. The summed E-state index contributed by atoms with van der Waals surface area (Å²) in [5.74, 6) is 0. The van der Waals surface area contributed by atoms with Gasteiger partial charge in [0.1, 0.15) is 0 Å². The van der Waals surface area contributed by atoms with Gasteiger partial charge in [0.2, 0.25) is 6.41 Å². The first-order valence-electron chi connectivity index (χ1n) is 4.65. The van der Waals surface area contributed by atoms with Crippen LogP contribution >= 0.6 is 0 Å². The van der Waals surface area contributed by atoms with Crippen LogP contribution in [0.15, 0.2) is 0 Å². The van der Waals surface area contributed by atoms with Crippen molar-refractivity contribution in [2.24, 2.45) is 5.73 Å². The Morgan fingerprint density at radius 3 is 2.43 bits per heavy atom. The van der Waals surface area contributed by atoms with Gasteiger partial charge in [0, 0.05) is 12.1 Å². The number of imide groups is 1. The third-order valence-electron chi connectivity index (χ3n) is 1.47. The number of carbonyl (C=O) groups is 2. The van der Waals surface area contributed by atoms with Gasteiger partial charge in [-0.25, -0.2) is 4.79 Å². The quantitative estimate of drug-likeness (QED) is 0.642. The van der Waals surface area contributed by atoms with Gasteiger partial charge in [0.25, 0.3) is 0 Å². The van der Waals surface area contributed by atoms with Crippen LogP contribution in [0.2, 0.25) is 0 Å². The highest BCUT2D eigenvalue weighted by atomic mass is 16.2. The molecule has 5 nitrogen and oxygen atoms in total. The van der Waals surface area contributed by atoms with Crippen LogP contribution in [0.3, 0.4) is 0 Å². The second kappa shape index (κ2) is 5.59. The van der Waals surface area contributed by atoms with Crippen molar-refractivity contribution in [3.05, 3.63) is 0 Å². The largest absolute Gasteiger partial charge is 0.333 e. The maximum Gasteiger partial charge on any atom is 0.324 e. The number of amides is 3. The Morgan fingerprint density at radius 2 is 2.07 bits per heavy atom. The average molecular weight is 201 g/mol. The van der Waals surface area contributed by atoms with Crippen LogP contribution in [-0.2, 0) is 4.79 Å². The van der Waals surface area contributed by atoms with E-state index in [1.807, 2.05) is 20.8 Å². The minimum Gasteiger partial charge on any atom is -0.333 e. The van der Waals surface area contributed by atoms with Gasteiger partial charge in [-0.15, -0.1) is 0 Å². The van der Waals surface area contributed by atoms with Crippen molar-refractivity contribution in [3.63, 3.8) is 0 Å². The maximum absolute atomic E-state index is 11.4. The number of nitrogens with zero attached hydrogens (tertiary/aromatic N) is 1. The van der Waals surface area contributed by atoms with Gasteiger partial charge in [-0.05, 0) is 33.7 Å². The molecule has 0 aromatic carbocycles. The molecule has 0 saturated heterocycles. The van der Waals surface area contributed by atoms with Gasteiger partial charge in [-0.1, -0.05) is 0 Å². The lowest BCUT2D eigenvalue weighted by atomic mass is 10.1. The van der Waals surface area contributed by atoms with Crippen LogP contribution in [0.5, 0.6) is 0 Å². The first-order chi connectivity index (χ1) is 6.40. The lowest BCUT2D eigenvalue weighted by molar-refractivity contribution is -0.115. The zero-order chi connectivity index (χ0) is 11.2. The van der Waals surface area contributed by atoms with Crippen LogP contribution in [0, 0.1) is 0 Å². The van der Waals surface area contributed by atoms with Crippen molar-refractivity contribution in [3.8, 4) is 0 Å². The highest BCUT2D eigenvalue weighted by Gasteiger charge is 2.18.